The average Bonchev–Trinajstić information content (AvgIpc) is 2.39. The smallest absolute Gasteiger partial charge is 0.339 e. The van der Waals surface area contributed by atoms with Crippen LogP contribution in [0.3, 0.4) is 0 Å². The minimum atomic E-state index is -1.26. The van der Waals surface area contributed by atoms with E-state index < -0.39 is 10.9 Å². The summed E-state index contributed by atoms with van der Waals surface area (Å²) in [5, 5.41) is 29.0. The predicted octanol–water partition coefficient (Wildman–Crippen LogP) is 2.67. The van der Waals surface area contributed by atoms with Crippen molar-refractivity contribution in [3.05, 3.63) is 58.1 Å². The lowest BCUT2D eigenvalue weighted by atomic mass is 10.0. The number of benzene rings is 2. The lowest BCUT2D eigenvalue weighted by molar-refractivity contribution is -0.384. The van der Waals surface area contributed by atoms with E-state index in [1.165, 1.54) is 36.4 Å². The molecule has 0 saturated heterocycles. The summed E-state index contributed by atoms with van der Waals surface area (Å²) in [7, 11) is 0. The number of aromatic hydroxyl groups is 1. The van der Waals surface area contributed by atoms with Crippen molar-refractivity contribution in [3.63, 3.8) is 0 Å². The van der Waals surface area contributed by atoms with Crippen LogP contribution < -0.4 is 0 Å². The number of hydrogen-bond acceptors (Lipinski definition) is 4. The maximum absolute atomic E-state index is 10.9. The van der Waals surface area contributed by atoms with E-state index in [-0.39, 0.29) is 17.0 Å². The van der Waals surface area contributed by atoms with Crippen LogP contribution in [0, 0.1) is 10.1 Å². The number of non-ortho nitro benzene ring substituents is 1. The number of carboxylic acid groups (broad SMARTS) is 1. The molecule has 0 aliphatic heterocycles. The second-order valence-corrected chi connectivity index (χ2v) is 3.84. The third-order valence-corrected chi connectivity index (χ3v) is 2.62. The second-order valence-electron chi connectivity index (χ2n) is 3.84. The van der Waals surface area contributed by atoms with Gasteiger partial charge in [-0.3, -0.25) is 10.1 Å². The molecule has 2 rings (SSSR count). The Morgan fingerprint density at radius 2 is 1.79 bits per heavy atom. The van der Waals surface area contributed by atoms with Gasteiger partial charge in [0.15, 0.2) is 0 Å². The van der Waals surface area contributed by atoms with Gasteiger partial charge in [0.1, 0.15) is 11.3 Å². The lowest BCUT2D eigenvalue weighted by Gasteiger charge is -2.05. The highest BCUT2D eigenvalue weighted by Gasteiger charge is 2.12. The number of nitro benzene ring substituents is 1. The number of nitrogens with zero attached hydrogens (tertiary/aromatic N) is 1. The summed E-state index contributed by atoms with van der Waals surface area (Å²) in [6.07, 6.45) is 0. The molecule has 2 aromatic carbocycles. The molecule has 0 aliphatic rings. The molecule has 0 saturated carbocycles. The Morgan fingerprint density at radius 3 is 2.42 bits per heavy atom. The van der Waals surface area contributed by atoms with Crippen LogP contribution >= 0.6 is 0 Å². The minimum absolute atomic E-state index is 0.0811. The Labute approximate surface area is 107 Å². The van der Waals surface area contributed by atoms with E-state index in [9.17, 15) is 20.0 Å². The van der Waals surface area contributed by atoms with Gasteiger partial charge >= 0.3 is 5.97 Å². The van der Waals surface area contributed by atoms with Crippen LogP contribution in [0.15, 0.2) is 42.5 Å². The monoisotopic (exact) mass is 259 g/mol. The molecule has 96 valence electrons. The van der Waals surface area contributed by atoms with Crippen molar-refractivity contribution in [3.8, 4) is 16.9 Å². The van der Waals surface area contributed by atoms with Gasteiger partial charge < -0.3 is 10.2 Å². The maximum Gasteiger partial charge on any atom is 0.339 e. The SMILES string of the molecule is O=C(O)c1cc(-c2cccc([N+](=O)[O-])c2)ccc1O. The lowest BCUT2D eigenvalue weighted by Crippen LogP contribution is -1.97. The zero-order chi connectivity index (χ0) is 14.0. The highest BCUT2D eigenvalue weighted by Crippen LogP contribution is 2.28. The summed E-state index contributed by atoms with van der Waals surface area (Å²) in [5.41, 5.74) is 0.669. The topological polar surface area (TPSA) is 101 Å². The van der Waals surface area contributed by atoms with E-state index in [2.05, 4.69) is 0 Å². The number of aromatic carboxylic acids is 1. The molecule has 2 N–H and O–H groups in total. The molecule has 0 fully saturated rings. The number of phenols is 1. The van der Waals surface area contributed by atoms with E-state index in [1.54, 1.807) is 6.07 Å². The van der Waals surface area contributed by atoms with Crippen molar-refractivity contribution in [2.24, 2.45) is 0 Å². The molecule has 0 atom stereocenters. The van der Waals surface area contributed by atoms with Crippen molar-refractivity contribution in [1.29, 1.82) is 0 Å². The van der Waals surface area contributed by atoms with Crippen molar-refractivity contribution in [2.75, 3.05) is 0 Å². The van der Waals surface area contributed by atoms with Gasteiger partial charge in [-0.2, -0.15) is 0 Å². The zero-order valence-electron chi connectivity index (χ0n) is 9.61. The van der Waals surface area contributed by atoms with Gasteiger partial charge in [0.25, 0.3) is 5.69 Å². The Bertz CT molecular complexity index is 666. The van der Waals surface area contributed by atoms with Crippen LogP contribution in [-0.4, -0.2) is 21.1 Å². The third-order valence-electron chi connectivity index (χ3n) is 2.62. The zero-order valence-corrected chi connectivity index (χ0v) is 9.61. The van der Waals surface area contributed by atoms with E-state index in [0.717, 1.165) is 0 Å². The van der Waals surface area contributed by atoms with Crippen LogP contribution in [0.5, 0.6) is 5.75 Å². The van der Waals surface area contributed by atoms with Gasteiger partial charge in [0.05, 0.1) is 4.92 Å². The normalized spacial score (nSPS) is 10.1. The van der Waals surface area contributed by atoms with Crippen LogP contribution in [0.2, 0.25) is 0 Å². The van der Waals surface area contributed by atoms with Crippen molar-refractivity contribution >= 4 is 11.7 Å². The van der Waals surface area contributed by atoms with Gasteiger partial charge in [0.2, 0.25) is 0 Å². The van der Waals surface area contributed by atoms with E-state index in [0.29, 0.717) is 11.1 Å². The molecule has 0 spiro atoms. The van der Waals surface area contributed by atoms with Crippen LogP contribution in [0.4, 0.5) is 5.69 Å². The molecule has 0 unspecified atom stereocenters. The Morgan fingerprint density at radius 1 is 1.11 bits per heavy atom. The summed E-state index contributed by atoms with van der Waals surface area (Å²) >= 11 is 0. The molecular weight excluding hydrogens is 250 g/mol. The second kappa shape index (κ2) is 4.77. The molecule has 0 aromatic heterocycles. The fraction of sp³-hybridized carbons (Fsp3) is 0. The van der Waals surface area contributed by atoms with Gasteiger partial charge in [-0.05, 0) is 23.3 Å². The molecule has 0 aliphatic carbocycles. The molecule has 6 heteroatoms. The average molecular weight is 259 g/mol. The summed E-state index contributed by atoms with van der Waals surface area (Å²) < 4.78 is 0. The molecular formula is C13H9NO5. The Kier molecular flexibility index (Phi) is 3.15. The predicted molar refractivity (Wildman–Crippen MR) is 67.2 cm³/mol. The third kappa shape index (κ3) is 2.52. The van der Waals surface area contributed by atoms with Gasteiger partial charge in [-0.15, -0.1) is 0 Å². The van der Waals surface area contributed by atoms with E-state index >= 15 is 0 Å². The summed E-state index contributed by atoms with van der Waals surface area (Å²) in [6, 6.07) is 9.86. The van der Waals surface area contributed by atoms with Crippen molar-refractivity contribution in [2.45, 2.75) is 0 Å². The minimum Gasteiger partial charge on any atom is -0.507 e. The number of carboxylic acids is 1. The molecule has 19 heavy (non-hydrogen) atoms. The highest BCUT2D eigenvalue weighted by molar-refractivity contribution is 5.92. The fourth-order valence-electron chi connectivity index (χ4n) is 1.69. The molecule has 0 heterocycles. The van der Waals surface area contributed by atoms with Gasteiger partial charge in [0, 0.05) is 12.1 Å². The Balaban J connectivity index is 2.53. The fourth-order valence-corrected chi connectivity index (χ4v) is 1.69. The first kappa shape index (κ1) is 12.6. The number of nitro groups is 1. The molecule has 2 aromatic rings. The summed E-state index contributed by atoms with van der Waals surface area (Å²) in [6.45, 7) is 0. The Hall–Kier alpha value is -2.89. The van der Waals surface area contributed by atoms with Crippen LogP contribution in [0.25, 0.3) is 11.1 Å². The van der Waals surface area contributed by atoms with E-state index in [1.807, 2.05) is 0 Å². The molecule has 0 amide bonds. The van der Waals surface area contributed by atoms with Gasteiger partial charge in [-0.1, -0.05) is 18.2 Å². The molecule has 0 bridgehead atoms. The number of hydrogen-bond donors (Lipinski definition) is 2. The summed E-state index contributed by atoms with van der Waals surface area (Å²) in [5.74, 6) is -1.61. The quantitative estimate of drug-likeness (QED) is 0.651. The van der Waals surface area contributed by atoms with E-state index in [4.69, 9.17) is 5.11 Å². The summed E-state index contributed by atoms with van der Waals surface area (Å²) in [4.78, 5) is 21.1. The first-order valence-corrected chi connectivity index (χ1v) is 5.30. The van der Waals surface area contributed by atoms with Gasteiger partial charge in [-0.25, -0.2) is 4.79 Å². The highest BCUT2D eigenvalue weighted by atomic mass is 16.6. The van der Waals surface area contributed by atoms with Crippen LogP contribution in [-0.2, 0) is 0 Å². The van der Waals surface area contributed by atoms with Crippen molar-refractivity contribution in [1.82, 2.24) is 0 Å². The largest absolute Gasteiger partial charge is 0.507 e. The number of carbonyl (C=O) groups is 1. The maximum atomic E-state index is 10.9. The number of rotatable bonds is 3. The standard InChI is InChI=1S/C13H9NO5/c15-12-5-4-9(7-11(12)13(16)17)8-2-1-3-10(6-8)14(18)19/h1-7,15H,(H,16,17). The molecule has 6 nitrogen and oxygen atoms in total. The van der Waals surface area contributed by atoms with Crippen LogP contribution in [0.1, 0.15) is 10.4 Å². The van der Waals surface area contributed by atoms with Crippen molar-refractivity contribution < 1.29 is 19.9 Å². The molecule has 0 radical (unpaired) electrons. The first-order valence-electron chi connectivity index (χ1n) is 5.30. The first-order chi connectivity index (χ1) is 8.99.